The Bertz CT molecular complexity index is 900. The summed E-state index contributed by atoms with van der Waals surface area (Å²) in [4.78, 5) is 19.7. The van der Waals surface area contributed by atoms with Gasteiger partial charge in [0.1, 0.15) is 5.69 Å². The predicted molar refractivity (Wildman–Crippen MR) is 82.0 cm³/mol. The van der Waals surface area contributed by atoms with E-state index < -0.39 is 17.8 Å². The van der Waals surface area contributed by atoms with E-state index in [1.54, 1.807) is 24.4 Å². The lowest BCUT2D eigenvalue weighted by Gasteiger charge is -2.10. The third kappa shape index (κ3) is 2.82. The Hall–Kier alpha value is -1.99. The SMILES string of the molecule is Cc1cccc(Cl)c1C(=O)c1nc(C(F)(F)F)nc2ccsc12. The molecule has 1 aromatic carbocycles. The van der Waals surface area contributed by atoms with Gasteiger partial charge >= 0.3 is 6.18 Å². The highest BCUT2D eigenvalue weighted by molar-refractivity contribution is 7.17. The zero-order chi connectivity index (χ0) is 16.8. The number of halogens is 4. The van der Waals surface area contributed by atoms with Gasteiger partial charge in [-0.15, -0.1) is 11.3 Å². The molecule has 0 aliphatic carbocycles. The summed E-state index contributed by atoms with van der Waals surface area (Å²) in [7, 11) is 0. The summed E-state index contributed by atoms with van der Waals surface area (Å²) in [6.45, 7) is 1.66. The molecule has 0 radical (unpaired) electrons. The van der Waals surface area contributed by atoms with Crippen LogP contribution in [0.5, 0.6) is 0 Å². The highest BCUT2D eigenvalue weighted by Crippen LogP contribution is 2.32. The van der Waals surface area contributed by atoms with Crippen LogP contribution in [-0.2, 0) is 6.18 Å². The van der Waals surface area contributed by atoms with Crippen molar-refractivity contribution >= 4 is 38.9 Å². The van der Waals surface area contributed by atoms with Crippen molar-refractivity contribution in [1.82, 2.24) is 9.97 Å². The lowest BCUT2D eigenvalue weighted by Crippen LogP contribution is -2.16. The lowest BCUT2D eigenvalue weighted by atomic mass is 10.0. The zero-order valence-electron chi connectivity index (χ0n) is 11.6. The van der Waals surface area contributed by atoms with E-state index in [0.29, 0.717) is 10.3 Å². The molecular weight excluding hydrogens is 349 g/mol. The van der Waals surface area contributed by atoms with Crippen molar-refractivity contribution in [2.75, 3.05) is 0 Å². The van der Waals surface area contributed by atoms with Crippen molar-refractivity contribution in [3.05, 3.63) is 57.3 Å². The van der Waals surface area contributed by atoms with Crippen molar-refractivity contribution < 1.29 is 18.0 Å². The smallest absolute Gasteiger partial charge is 0.287 e. The van der Waals surface area contributed by atoms with Crippen LogP contribution in [-0.4, -0.2) is 15.8 Å². The molecule has 0 aliphatic rings. The molecule has 0 fully saturated rings. The number of nitrogens with zero attached hydrogens (tertiary/aromatic N) is 2. The van der Waals surface area contributed by atoms with E-state index in [9.17, 15) is 18.0 Å². The summed E-state index contributed by atoms with van der Waals surface area (Å²) in [5.41, 5.74) is 0.522. The Morgan fingerprint density at radius 1 is 1.22 bits per heavy atom. The molecule has 0 amide bonds. The van der Waals surface area contributed by atoms with Gasteiger partial charge in [0, 0.05) is 5.56 Å². The molecule has 8 heteroatoms. The molecule has 118 valence electrons. The Morgan fingerprint density at radius 2 is 1.96 bits per heavy atom. The molecule has 3 nitrogen and oxygen atoms in total. The van der Waals surface area contributed by atoms with Gasteiger partial charge in [-0.05, 0) is 30.0 Å². The van der Waals surface area contributed by atoms with Crippen LogP contribution in [0.4, 0.5) is 13.2 Å². The number of hydrogen-bond donors (Lipinski definition) is 0. The van der Waals surface area contributed by atoms with Crippen LogP contribution in [0.25, 0.3) is 10.2 Å². The first-order valence-electron chi connectivity index (χ1n) is 6.41. The molecule has 2 aromatic heterocycles. The van der Waals surface area contributed by atoms with Gasteiger partial charge in [-0.25, -0.2) is 9.97 Å². The first-order valence-corrected chi connectivity index (χ1v) is 7.67. The number of aromatic nitrogens is 2. The maximum Gasteiger partial charge on any atom is 0.451 e. The number of benzene rings is 1. The average molecular weight is 357 g/mol. The van der Waals surface area contributed by atoms with Crippen LogP contribution in [0, 0.1) is 6.92 Å². The Balaban J connectivity index is 2.27. The van der Waals surface area contributed by atoms with Gasteiger partial charge in [0.15, 0.2) is 0 Å². The fourth-order valence-corrected chi connectivity index (χ4v) is 3.31. The summed E-state index contributed by atoms with van der Waals surface area (Å²) >= 11 is 7.16. The Morgan fingerprint density at radius 3 is 2.61 bits per heavy atom. The number of hydrogen-bond acceptors (Lipinski definition) is 4. The zero-order valence-corrected chi connectivity index (χ0v) is 13.2. The van der Waals surface area contributed by atoms with Crippen molar-refractivity contribution in [2.45, 2.75) is 13.1 Å². The first-order chi connectivity index (χ1) is 10.8. The highest BCUT2D eigenvalue weighted by Gasteiger charge is 2.36. The van der Waals surface area contributed by atoms with Gasteiger partial charge in [0.2, 0.25) is 11.6 Å². The summed E-state index contributed by atoms with van der Waals surface area (Å²) < 4.78 is 39.2. The summed E-state index contributed by atoms with van der Waals surface area (Å²) in [5.74, 6) is -1.98. The number of rotatable bonds is 2. The van der Waals surface area contributed by atoms with Gasteiger partial charge in [-0.2, -0.15) is 13.2 Å². The molecule has 0 spiro atoms. The molecule has 2 heterocycles. The number of fused-ring (bicyclic) bond motifs is 1. The summed E-state index contributed by atoms with van der Waals surface area (Å²) in [6, 6.07) is 6.26. The predicted octanol–water partition coefficient (Wildman–Crippen LogP) is 4.90. The van der Waals surface area contributed by atoms with Crippen LogP contribution in [0.3, 0.4) is 0 Å². The molecule has 0 unspecified atom stereocenters. The maximum absolute atomic E-state index is 13.0. The minimum absolute atomic E-state index is 0.0883. The summed E-state index contributed by atoms with van der Waals surface area (Å²) in [6.07, 6.45) is -4.74. The Kier molecular flexibility index (Phi) is 3.85. The van der Waals surface area contributed by atoms with E-state index in [0.717, 1.165) is 11.3 Å². The van der Waals surface area contributed by atoms with Gasteiger partial charge < -0.3 is 0 Å². The van der Waals surface area contributed by atoms with Crippen molar-refractivity contribution in [3.8, 4) is 0 Å². The van der Waals surface area contributed by atoms with Crippen LogP contribution >= 0.6 is 22.9 Å². The minimum Gasteiger partial charge on any atom is -0.287 e. The molecule has 0 saturated carbocycles. The number of carbonyl (C=O) groups is 1. The van der Waals surface area contributed by atoms with Gasteiger partial charge in [0.05, 0.1) is 15.2 Å². The van der Waals surface area contributed by atoms with Crippen LogP contribution in [0.2, 0.25) is 5.02 Å². The fraction of sp³-hybridized carbons (Fsp3) is 0.133. The standard InChI is InChI=1S/C15H8ClF3N2OS/c1-7-3-2-4-8(16)10(7)12(22)11-13-9(5-6-23-13)20-14(21-11)15(17,18)19/h2-6H,1H3. The van der Waals surface area contributed by atoms with E-state index in [2.05, 4.69) is 9.97 Å². The van der Waals surface area contributed by atoms with Gasteiger partial charge in [-0.1, -0.05) is 23.7 Å². The molecule has 3 aromatic rings. The molecule has 0 bridgehead atoms. The molecule has 0 atom stereocenters. The second-order valence-electron chi connectivity index (χ2n) is 4.79. The maximum atomic E-state index is 13.0. The van der Waals surface area contributed by atoms with E-state index in [4.69, 9.17) is 11.6 Å². The average Bonchev–Trinajstić information content (AvgIpc) is 2.93. The van der Waals surface area contributed by atoms with E-state index >= 15 is 0 Å². The van der Waals surface area contributed by atoms with Crippen LogP contribution in [0.1, 0.15) is 27.4 Å². The first kappa shape index (κ1) is 15.9. The molecule has 0 aliphatic heterocycles. The van der Waals surface area contributed by atoms with Crippen molar-refractivity contribution in [3.63, 3.8) is 0 Å². The minimum atomic E-state index is -4.74. The third-order valence-electron chi connectivity index (χ3n) is 3.22. The largest absolute Gasteiger partial charge is 0.451 e. The second kappa shape index (κ2) is 5.58. The van der Waals surface area contributed by atoms with Crippen molar-refractivity contribution in [2.24, 2.45) is 0 Å². The van der Waals surface area contributed by atoms with Crippen molar-refractivity contribution in [1.29, 1.82) is 0 Å². The van der Waals surface area contributed by atoms with Gasteiger partial charge in [-0.3, -0.25) is 4.79 Å². The quantitative estimate of drug-likeness (QED) is 0.613. The molecule has 0 saturated heterocycles. The molecular formula is C15H8ClF3N2OS. The van der Waals surface area contributed by atoms with Crippen LogP contribution < -0.4 is 0 Å². The number of carbonyl (C=O) groups excluding carboxylic acids is 1. The number of alkyl halides is 3. The fourth-order valence-electron chi connectivity index (χ4n) is 2.18. The second-order valence-corrected chi connectivity index (χ2v) is 6.11. The highest BCUT2D eigenvalue weighted by atomic mass is 35.5. The monoisotopic (exact) mass is 356 g/mol. The molecule has 0 N–H and O–H groups in total. The van der Waals surface area contributed by atoms with Crippen LogP contribution in [0.15, 0.2) is 29.6 Å². The van der Waals surface area contributed by atoms with E-state index in [1.807, 2.05) is 0 Å². The number of aryl methyl sites for hydroxylation is 1. The van der Waals surface area contributed by atoms with Gasteiger partial charge in [0.25, 0.3) is 0 Å². The lowest BCUT2D eigenvalue weighted by molar-refractivity contribution is -0.144. The number of ketones is 1. The Labute approximate surface area is 137 Å². The topological polar surface area (TPSA) is 42.9 Å². The van der Waals surface area contributed by atoms with E-state index in [-0.39, 0.29) is 21.8 Å². The normalized spacial score (nSPS) is 11.9. The summed E-state index contributed by atoms with van der Waals surface area (Å²) in [5, 5.41) is 1.74. The molecule has 3 rings (SSSR count). The molecule has 23 heavy (non-hydrogen) atoms. The number of thiophene rings is 1. The third-order valence-corrected chi connectivity index (χ3v) is 4.45. The van der Waals surface area contributed by atoms with E-state index in [1.165, 1.54) is 12.1 Å².